The van der Waals surface area contributed by atoms with Crippen LogP contribution in [0.1, 0.15) is 21.5 Å². The molecule has 7 nitrogen and oxygen atoms in total. The number of pyridine rings is 1. The van der Waals surface area contributed by atoms with Crippen LogP contribution in [-0.4, -0.2) is 49.0 Å². The van der Waals surface area contributed by atoms with Crippen molar-refractivity contribution in [2.24, 2.45) is 0 Å². The van der Waals surface area contributed by atoms with E-state index in [1.807, 2.05) is 0 Å². The quantitative estimate of drug-likeness (QED) is 0.887. The molecule has 1 N–H and O–H groups in total. The molecule has 0 spiro atoms. The lowest BCUT2D eigenvalue weighted by Gasteiger charge is -2.19. The topological polar surface area (TPSA) is 96.8 Å². The number of carboxylic acids is 1. The molecule has 0 aliphatic carbocycles. The van der Waals surface area contributed by atoms with Crippen molar-refractivity contribution in [3.8, 4) is 5.75 Å². The Morgan fingerprint density at radius 2 is 1.88 bits per heavy atom. The van der Waals surface area contributed by atoms with Crippen molar-refractivity contribution < 1.29 is 23.1 Å². The third-order valence-electron chi connectivity index (χ3n) is 4.28. The molecular weight excluding hydrogens is 344 g/mol. The maximum absolute atomic E-state index is 12.9. The lowest BCUT2D eigenvalue weighted by Crippen LogP contribution is -2.33. The van der Waals surface area contributed by atoms with Gasteiger partial charge >= 0.3 is 5.97 Å². The van der Waals surface area contributed by atoms with Gasteiger partial charge in [0.2, 0.25) is 10.0 Å². The minimum atomic E-state index is -3.69. The van der Waals surface area contributed by atoms with E-state index in [0.717, 1.165) is 11.1 Å². The van der Waals surface area contributed by atoms with Gasteiger partial charge in [-0.25, -0.2) is 13.2 Å². The van der Waals surface area contributed by atoms with E-state index in [2.05, 4.69) is 4.98 Å². The highest BCUT2D eigenvalue weighted by Gasteiger charge is 2.27. The molecule has 2 aromatic rings. The molecule has 1 aromatic heterocycles. The van der Waals surface area contributed by atoms with Gasteiger partial charge in [-0.15, -0.1) is 0 Å². The van der Waals surface area contributed by atoms with Crippen LogP contribution in [0.2, 0.25) is 0 Å². The number of aromatic nitrogens is 1. The van der Waals surface area contributed by atoms with Crippen LogP contribution in [0.3, 0.4) is 0 Å². The average molecular weight is 362 g/mol. The molecule has 8 heteroatoms. The predicted octanol–water partition coefficient (Wildman–Crippen LogP) is 1.58. The van der Waals surface area contributed by atoms with Gasteiger partial charge < -0.3 is 9.84 Å². The van der Waals surface area contributed by atoms with E-state index in [9.17, 15) is 13.2 Å². The number of methoxy groups -OCH3 is 1. The second-order valence-corrected chi connectivity index (χ2v) is 7.69. The highest BCUT2D eigenvalue weighted by atomic mass is 32.2. The largest absolute Gasteiger partial charge is 0.495 e. The fourth-order valence-corrected chi connectivity index (χ4v) is 4.30. The van der Waals surface area contributed by atoms with Gasteiger partial charge in [0, 0.05) is 25.4 Å². The molecule has 2 heterocycles. The summed E-state index contributed by atoms with van der Waals surface area (Å²) in [5.74, 6) is -0.607. The number of nitrogens with zero attached hydrogens (tertiary/aromatic N) is 2. The minimum Gasteiger partial charge on any atom is -0.495 e. The molecule has 1 aromatic carbocycles. The van der Waals surface area contributed by atoms with Crippen molar-refractivity contribution in [2.75, 3.05) is 20.2 Å². The molecule has 1 aliphatic rings. The maximum atomic E-state index is 12.9. The van der Waals surface area contributed by atoms with Crippen molar-refractivity contribution in [1.82, 2.24) is 9.29 Å². The third-order valence-corrected chi connectivity index (χ3v) is 6.14. The van der Waals surface area contributed by atoms with Crippen LogP contribution in [0.15, 0.2) is 41.6 Å². The summed E-state index contributed by atoms with van der Waals surface area (Å²) in [6, 6.07) is 6.39. The molecule has 25 heavy (non-hydrogen) atoms. The zero-order chi connectivity index (χ0) is 18.0. The number of carboxylic acid groups (broad SMARTS) is 1. The molecule has 0 unspecified atom stereocenters. The number of aromatic carboxylic acids is 1. The minimum absolute atomic E-state index is 0.0871. The predicted molar refractivity (Wildman–Crippen MR) is 90.4 cm³/mol. The van der Waals surface area contributed by atoms with Gasteiger partial charge in [-0.1, -0.05) is 6.07 Å². The average Bonchev–Trinajstić information content (AvgIpc) is 2.84. The van der Waals surface area contributed by atoms with Crippen LogP contribution >= 0.6 is 0 Å². The summed E-state index contributed by atoms with van der Waals surface area (Å²) in [7, 11) is -2.23. The fourth-order valence-electron chi connectivity index (χ4n) is 2.88. The highest BCUT2D eigenvalue weighted by Crippen LogP contribution is 2.24. The van der Waals surface area contributed by atoms with Crippen LogP contribution in [0.5, 0.6) is 5.75 Å². The number of hydrogen-bond acceptors (Lipinski definition) is 5. The Kier molecular flexibility index (Phi) is 4.73. The fraction of sp³-hybridized carbons (Fsp3) is 0.294. The van der Waals surface area contributed by atoms with E-state index in [1.165, 1.54) is 29.9 Å². The van der Waals surface area contributed by atoms with Crippen molar-refractivity contribution in [2.45, 2.75) is 17.7 Å². The Hall–Kier alpha value is -2.45. The molecule has 0 radical (unpaired) electrons. The van der Waals surface area contributed by atoms with Gasteiger partial charge in [0.05, 0.1) is 18.9 Å². The third kappa shape index (κ3) is 3.49. The normalized spacial score (nSPS) is 15.2. The maximum Gasteiger partial charge on any atom is 0.335 e. The first-order chi connectivity index (χ1) is 11.9. The lowest BCUT2D eigenvalue weighted by atomic mass is 10.0. The number of rotatable bonds is 4. The molecule has 0 fully saturated rings. The Morgan fingerprint density at radius 3 is 2.56 bits per heavy atom. The van der Waals surface area contributed by atoms with E-state index < -0.39 is 16.0 Å². The number of hydrogen-bond donors (Lipinski definition) is 1. The van der Waals surface area contributed by atoms with E-state index >= 15 is 0 Å². The van der Waals surface area contributed by atoms with E-state index in [4.69, 9.17) is 9.84 Å². The Labute approximate surface area is 145 Å². The summed E-state index contributed by atoms with van der Waals surface area (Å²) in [6.45, 7) is 0.620. The van der Waals surface area contributed by atoms with E-state index in [0.29, 0.717) is 25.1 Å². The van der Waals surface area contributed by atoms with E-state index in [1.54, 1.807) is 18.2 Å². The Balaban J connectivity index is 1.86. The Bertz CT molecular complexity index is 911. The molecule has 1 aliphatic heterocycles. The zero-order valence-electron chi connectivity index (χ0n) is 13.7. The molecule has 0 amide bonds. The van der Waals surface area contributed by atoms with Gasteiger partial charge in [-0.2, -0.15) is 4.31 Å². The first-order valence-electron chi connectivity index (χ1n) is 7.76. The molecule has 132 valence electrons. The van der Waals surface area contributed by atoms with Crippen LogP contribution < -0.4 is 4.74 Å². The zero-order valence-corrected chi connectivity index (χ0v) is 14.5. The van der Waals surface area contributed by atoms with Gasteiger partial charge in [-0.3, -0.25) is 4.98 Å². The monoisotopic (exact) mass is 362 g/mol. The van der Waals surface area contributed by atoms with Crippen LogP contribution in [0.25, 0.3) is 0 Å². The van der Waals surface area contributed by atoms with E-state index in [-0.39, 0.29) is 17.0 Å². The van der Waals surface area contributed by atoms with Crippen molar-refractivity contribution >= 4 is 16.0 Å². The molecule has 0 saturated carbocycles. The summed E-state index contributed by atoms with van der Waals surface area (Å²) in [5, 5.41) is 9.11. The first-order valence-corrected chi connectivity index (χ1v) is 9.20. The van der Waals surface area contributed by atoms with Gasteiger partial charge in [0.25, 0.3) is 0 Å². The Morgan fingerprint density at radius 1 is 1.16 bits per heavy atom. The SMILES string of the molecule is COc1cncc(S(=O)(=O)N2CCc3ccc(C(=O)O)cc3CC2)c1. The first kappa shape index (κ1) is 17.4. The van der Waals surface area contributed by atoms with Crippen LogP contribution in [0.4, 0.5) is 0 Å². The van der Waals surface area contributed by atoms with Crippen LogP contribution in [0, 0.1) is 0 Å². The molecule has 0 saturated heterocycles. The number of ether oxygens (including phenoxy) is 1. The molecule has 0 atom stereocenters. The summed E-state index contributed by atoms with van der Waals surface area (Å²) < 4.78 is 32.2. The van der Waals surface area contributed by atoms with Gasteiger partial charge in [0.1, 0.15) is 10.6 Å². The number of sulfonamides is 1. The highest BCUT2D eigenvalue weighted by molar-refractivity contribution is 7.89. The molecule has 0 bridgehead atoms. The standard InChI is InChI=1S/C17H18N2O5S/c1-24-15-9-16(11-18-10-15)25(22,23)19-6-4-12-2-3-14(17(20)21)8-13(12)5-7-19/h2-3,8-11H,4-7H2,1H3,(H,20,21). The van der Waals surface area contributed by atoms with Crippen LogP contribution in [-0.2, 0) is 22.9 Å². The van der Waals surface area contributed by atoms with Crippen molar-refractivity contribution in [3.05, 3.63) is 53.3 Å². The molecule has 3 rings (SSSR count). The van der Waals surface area contributed by atoms with Crippen molar-refractivity contribution in [3.63, 3.8) is 0 Å². The van der Waals surface area contributed by atoms with Crippen molar-refractivity contribution in [1.29, 1.82) is 0 Å². The molecular formula is C17H18N2O5S. The summed E-state index contributed by atoms with van der Waals surface area (Å²) in [6.07, 6.45) is 3.75. The second-order valence-electron chi connectivity index (χ2n) is 5.75. The smallest absolute Gasteiger partial charge is 0.335 e. The number of fused-ring (bicyclic) bond motifs is 1. The summed E-state index contributed by atoms with van der Waals surface area (Å²) >= 11 is 0. The summed E-state index contributed by atoms with van der Waals surface area (Å²) in [5.41, 5.74) is 2.07. The summed E-state index contributed by atoms with van der Waals surface area (Å²) in [4.78, 5) is 15.1. The number of carbonyl (C=O) groups is 1. The number of benzene rings is 1. The van der Waals surface area contributed by atoms with Gasteiger partial charge in [0.15, 0.2) is 0 Å². The second kappa shape index (κ2) is 6.81. The van der Waals surface area contributed by atoms with Gasteiger partial charge in [-0.05, 0) is 36.1 Å². The lowest BCUT2D eigenvalue weighted by molar-refractivity contribution is 0.0696.